The van der Waals surface area contributed by atoms with E-state index in [-0.39, 0.29) is 71.1 Å². The molecule has 0 bridgehead atoms. The first kappa shape index (κ1) is 20.4. The van der Waals surface area contributed by atoms with E-state index in [1.54, 1.807) is 6.92 Å². The molecule has 0 spiro atoms. The molecular formula is C7H13Na2O3P. The summed E-state index contributed by atoms with van der Waals surface area (Å²) in [4.78, 5) is 30.6. The van der Waals surface area contributed by atoms with Crippen LogP contribution in [-0.4, -0.2) is 11.9 Å². The van der Waals surface area contributed by atoms with Crippen LogP contribution in [0.2, 0.25) is 0 Å². The van der Waals surface area contributed by atoms with Crippen molar-refractivity contribution in [1.82, 2.24) is 0 Å². The van der Waals surface area contributed by atoms with Crippen LogP contribution < -0.4 is 68.9 Å². The number of carbonyl (C=O) groups excluding carboxylic acids is 1. The Morgan fingerprint density at radius 3 is 2.08 bits per heavy atom. The molecule has 6 heteroatoms. The Morgan fingerprint density at radius 1 is 1.15 bits per heavy atom. The third kappa shape index (κ3) is 20.2. The van der Waals surface area contributed by atoms with Gasteiger partial charge in [-0.25, -0.2) is 0 Å². The first-order valence-electron chi connectivity index (χ1n) is 3.74. The van der Waals surface area contributed by atoms with Crippen LogP contribution in [0.3, 0.4) is 0 Å². The fourth-order valence-electron chi connectivity index (χ4n) is 0.792. The van der Waals surface area contributed by atoms with Crippen LogP contribution in [0, 0.1) is 0 Å². The predicted octanol–water partition coefficient (Wildman–Crippen LogP) is -5.82. The van der Waals surface area contributed by atoms with E-state index in [4.69, 9.17) is 0 Å². The van der Waals surface area contributed by atoms with Gasteiger partial charge in [-0.1, -0.05) is 19.0 Å². The second kappa shape index (κ2) is 14.0. The summed E-state index contributed by atoms with van der Waals surface area (Å²) < 4.78 is 0. The zero-order chi connectivity index (χ0) is 8.69. The molecule has 0 aromatic rings. The van der Waals surface area contributed by atoms with Gasteiger partial charge in [-0.15, -0.1) is 0 Å². The third-order valence-electron chi connectivity index (χ3n) is 1.37. The molecule has 0 saturated heterocycles. The molecule has 0 aromatic heterocycles. The molecule has 13 heavy (non-hydrogen) atoms. The third-order valence-corrected chi connectivity index (χ3v) is 2.05. The first-order valence-corrected chi connectivity index (χ1v) is 5.10. The van der Waals surface area contributed by atoms with Crippen LogP contribution in [-0.2, 0) is 4.79 Å². The Kier molecular flexibility index (Phi) is 22.0. The van der Waals surface area contributed by atoms with Gasteiger partial charge in [0.2, 0.25) is 0 Å². The van der Waals surface area contributed by atoms with Crippen LogP contribution in [0.4, 0.5) is 0 Å². The maximum atomic E-state index is 10.4. The smallest absolute Gasteiger partial charge is 0.842 e. The van der Waals surface area contributed by atoms with Crippen molar-refractivity contribution in [2.24, 2.45) is 0 Å². The summed E-state index contributed by atoms with van der Waals surface area (Å²) >= 11 is 0. The summed E-state index contributed by atoms with van der Waals surface area (Å²) in [5.41, 5.74) is 0. The van der Waals surface area contributed by atoms with Gasteiger partial charge in [-0.05, 0) is 13.3 Å². The monoisotopic (exact) mass is 222 g/mol. The molecule has 0 radical (unpaired) electrons. The SMILES string of the molecule is CC(=O)CCCCCP([O-])[O-].[Na+].[Na+]. The summed E-state index contributed by atoms with van der Waals surface area (Å²) in [6.45, 7) is 1.55. The minimum Gasteiger partial charge on any atom is -0.842 e. The normalized spacial score (nSPS) is 8.92. The van der Waals surface area contributed by atoms with E-state index in [1.165, 1.54) is 0 Å². The summed E-state index contributed by atoms with van der Waals surface area (Å²) in [6.07, 6.45) is 3.18. The average Bonchev–Trinajstić information content (AvgIpc) is 1.85. The summed E-state index contributed by atoms with van der Waals surface area (Å²) in [5.74, 6) is 0.177. The topological polar surface area (TPSA) is 63.2 Å². The van der Waals surface area contributed by atoms with Crippen molar-refractivity contribution in [2.75, 3.05) is 6.16 Å². The molecule has 0 atom stereocenters. The Balaban J connectivity index is -0.000000500. The van der Waals surface area contributed by atoms with Gasteiger partial charge in [0, 0.05) is 6.42 Å². The largest absolute Gasteiger partial charge is 1.00 e. The zero-order valence-electron chi connectivity index (χ0n) is 8.71. The zero-order valence-corrected chi connectivity index (χ0v) is 13.6. The minimum atomic E-state index is -2.22. The average molecular weight is 222 g/mol. The standard InChI is InChI=1S/C7H13O3P.2Na/c1-7(8)5-3-2-4-6-11(9)10;;/h2-6H2,1H3;;/q-2;2*+1. The van der Waals surface area contributed by atoms with Gasteiger partial charge >= 0.3 is 59.1 Å². The number of hydrogen-bond donors (Lipinski definition) is 0. The molecule has 3 nitrogen and oxygen atoms in total. The number of unbranched alkanes of at least 4 members (excludes halogenated alkanes) is 2. The number of hydrogen-bond acceptors (Lipinski definition) is 3. The fraction of sp³-hybridized carbons (Fsp3) is 0.857. The van der Waals surface area contributed by atoms with Gasteiger partial charge in [0.1, 0.15) is 5.78 Å². The molecular weight excluding hydrogens is 209 g/mol. The van der Waals surface area contributed by atoms with E-state index in [0.29, 0.717) is 12.8 Å². The molecule has 0 aliphatic rings. The fourth-order valence-corrected chi connectivity index (χ4v) is 1.27. The van der Waals surface area contributed by atoms with Gasteiger partial charge in [0.15, 0.2) is 0 Å². The molecule has 0 N–H and O–H groups in total. The molecule has 0 unspecified atom stereocenters. The van der Waals surface area contributed by atoms with E-state index in [2.05, 4.69) is 0 Å². The van der Waals surface area contributed by atoms with Crippen molar-refractivity contribution in [3.63, 3.8) is 0 Å². The maximum absolute atomic E-state index is 10.4. The molecule has 0 amide bonds. The van der Waals surface area contributed by atoms with Crippen LogP contribution in [0.5, 0.6) is 0 Å². The minimum absolute atomic E-state index is 0. The first-order chi connectivity index (χ1) is 5.13. The molecule has 0 aliphatic carbocycles. The van der Waals surface area contributed by atoms with Crippen LogP contribution in [0.1, 0.15) is 32.6 Å². The van der Waals surface area contributed by atoms with Crippen molar-refractivity contribution in [1.29, 1.82) is 0 Å². The van der Waals surface area contributed by atoms with Crippen molar-refractivity contribution in [3.05, 3.63) is 0 Å². The molecule has 0 aliphatic heterocycles. The van der Waals surface area contributed by atoms with Gasteiger partial charge in [-0.3, -0.25) is 0 Å². The molecule has 0 rings (SSSR count). The van der Waals surface area contributed by atoms with Crippen molar-refractivity contribution in [3.8, 4) is 0 Å². The van der Waals surface area contributed by atoms with Crippen LogP contribution in [0.25, 0.3) is 0 Å². The Morgan fingerprint density at radius 2 is 1.69 bits per heavy atom. The summed E-state index contributed by atoms with van der Waals surface area (Å²) in [7, 11) is -2.22. The molecule has 0 saturated carbocycles. The van der Waals surface area contributed by atoms with Crippen molar-refractivity contribution < 1.29 is 73.7 Å². The van der Waals surface area contributed by atoms with Crippen LogP contribution >= 0.6 is 8.38 Å². The van der Waals surface area contributed by atoms with Crippen molar-refractivity contribution >= 4 is 14.2 Å². The molecule has 0 fully saturated rings. The Hall–Kier alpha value is 2.02. The maximum Gasteiger partial charge on any atom is 1.00 e. The van der Waals surface area contributed by atoms with Crippen molar-refractivity contribution in [2.45, 2.75) is 32.6 Å². The number of ketones is 1. The quantitative estimate of drug-likeness (QED) is 0.255. The second-order valence-electron chi connectivity index (χ2n) is 2.57. The predicted molar refractivity (Wildman–Crippen MR) is 40.9 cm³/mol. The van der Waals surface area contributed by atoms with E-state index < -0.39 is 8.38 Å². The van der Waals surface area contributed by atoms with E-state index in [9.17, 15) is 14.6 Å². The summed E-state index contributed by atoms with van der Waals surface area (Å²) in [5, 5.41) is 0. The molecule has 0 aromatic carbocycles. The van der Waals surface area contributed by atoms with E-state index >= 15 is 0 Å². The number of carbonyl (C=O) groups is 1. The second-order valence-corrected chi connectivity index (χ2v) is 3.68. The van der Waals surface area contributed by atoms with Gasteiger partial charge in [0.25, 0.3) is 0 Å². The van der Waals surface area contributed by atoms with Gasteiger partial charge in [0.05, 0.1) is 0 Å². The molecule has 0 heterocycles. The van der Waals surface area contributed by atoms with Gasteiger partial charge < -0.3 is 23.0 Å². The van der Waals surface area contributed by atoms with E-state index in [1.807, 2.05) is 0 Å². The summed E-state index contributed by atoms with van der Waals surface area (Å²) in [6, 6.07) is 0. The van der Waals surface area contributed by atoms with Gasteiger partial charge in [-0.2, -0.15) is 0 Å². The van der Waals surface area contributed by atoms with Crippen LogP contribution in [0.15, 0.2) is 0 Å². The Labute approximate surface area is 125 Å². The number of Topliss-reactive ketones (excluding diaryl/α,β-unsaturated/α-hetero) is 1. The molecule has 66 valence electrons. The van der Waals surface area contributed by atoms with E-state index in [0.717, 1.165) is 12.8 Å². The Bertz CT molecular complexity index is 122. The number of rotatable bonds is 6.